The Morgan fingerprint density at radius 3 is 2.76 bits per heavy atom. The highest BCUT2D eigenvalue weighted by atomic mass is 19.1. The van der Waals surface area contributed by atoms with E-state index in [2.05, 4.69) is 4.98 Å². The maximum atomic E-state index is 13.6. The zero-order valence-electron chi connectivity index (χ0n) is 9.48. The van der Waals surface area contributed by atoms with Gasteiger partial charge >= 0.3 is 0 Å². The molecule has 0 aliphatic heterocycles. The average Bonchev–Trinajstić information content (AvgIpc) is 2.32. The highest BCUT2D eigenvalue weighted by Crippen LogP contribution is 2.25. The van der Waals surface area contributed by atoms with Crippen molar-refractivity contribution in [3.05, 3.63) is 53.6 Å². The molecule has 1 aromatic heterocycles. The molecule has 1 heterocycles. The molecule has 0 bridgehead atoms. The van der Waals surface area contributed by atoms with Gasteiger partial charge < -0.3 is 10.5 Å². The van der Waals surface area contributed by atoms with Crippen LogP contribution in [0.1, 0.15) is 11.3 Å². The lowest BCUT2D eigenvalue weighted by molar-refractivity contribution is 0.441. The number of benzene rings is 1. The third-order valence-corrected chi connectivity index (χ3v) is 2.33. The van der Waals surface area contributed by atoms with Crippen LogP contribution in [0.3, 0.4) is 0 Å². The number of hydrogen-bond donors (Lipinski definition) is 1. The highest BCUT2D eigenvalue weighted by molar-refractivity contribution is 5.34. The van der Waals surface area contributed by atoms with E-state index in [1.165, 1.54) is 6.07 Å². The fourth-order valence-corrected chi connectivity index (χ4v) is 1.46. The minimum Gasteiger partial charge on any atom is -0.454 e. The molecule has 0 saturated heterocycles. The van der Waals surface area contributed by atoms with E-state index >= 15 is 0 Å². The molecule has 0 aliphatic carbocycles. The number of pyridine rings is 1. The molecule has 0 aliphatic rings. The van der Waals surface area contributed by atoms with Crippen LogP contribution in [0.25, 0.3) is 0 Å². The van der Waals surface area contributed by atoms with Crippen molar-refractivity contribution in [1.29, 1.82) is 0 Å². The molecule has 88 valence electrons. The fourth-order valence-electron chi connectivity index (χ4n) is 1.46. The number of halogens is 1. The largest absolute Gasteiger partial charge is 0.454 e. The van der Waals surface area contributed by atoms with Crippen molar-refractivity contribution in [2.45, 2.75) is 13.5 Å². The van der Waals surface area contributed by atoms with Gasteiger partial charge in [0.25, 0.3) is 0 Å². The first-order chi connectivity index (χ1) is 8.19. The van der Waals surface area contributed by atoms with Gasteiger partial charge in [0.1, 0.15) is 5.75 Å². The second-order valence-electron chi connectivity index (χ2n) is 3.70. The number of hydrogen-bond acceptors (Lipinski definition) is 3. The van der Waals surface area contributed by atoms with Crippen LogP contribution < -0.4 is 10.5 Å². The van der Waals surface area contributed by atoms with Crippen molar-refractivity contribution in [3.63, 3.8) is 0 Å². The number of aryl methyl sites for hydroxylation is 1. The number of ether oxygens (including phenoxy) is 1. The van der Waals surface area contributed by atoms with E-state index in [-0.39, 0.29) is 5.75 Å². The third-order valence-electron chi connectivity index (χ3n) is 2.33. The molecule has 0 fully saturated rings. The van der Waals surface area contributed by atoms with Crippen LogP contribution in [0.15, 0.2) is 36.5 Å². The van der Waals surface area contributed by atoms with E-state index in [0.29, 0.717) is 12.3 Å². The summed E-state index contributed by atoms with van der Waals surface area (Å²) in [4.78, 5) is 4.04. The van der Waals surface area contributed by atoms with Gasteiger partial charge in [-0.1, -0.05) is 6.07 Å². The Morgan fingerprint density at radius 2 is 2.12 bits per heavy atom. The second-order valence-corrected chi connectivity index (χ2v) is 3.70. The van der Waals surface area contributed by atoms with Crippen LogP contribution in [-0.4, -0.2) is 4.98 Å². The monoisotopic (exact) mass is 232 g/mol. The summed E-state index contributed by atoms with van der Waals surface area (Å²) in [5.41, 5.74) is 6.98. The SMILES string of the molecule is Cc1cc(Oc2ccc(CN)cc2F)ccn1. The van der Waals surface area contributed by atoms with Crippen molar-refractivity contribution >= 4 is 0 Å². The van der Waals surface area contributed by atoms with E-state index in [1.54, 1.807) is 30.5 Å². The fraction of sp³-hybridized carbons (Fsp3) is 0.154. The number of nitrogens with zero attached hydrogens (tertiary/aromatic N) is 1. The maximum Gasteiger partial charge on any atom is 0.166 e. The quantitative estimate of drug-likeness (QED) is 0.885. The Labute approximate surface area is 99.1 Å². The first kappa shape index (κ1) is 11.5. The summed E-state index contributed by atoms with van der Waals surface area (Å²) in [5.74, 6) is 0.340. The van der Waals surface area contributed by atoms with Gasteiger partial charge in [-0.15, -0.1) is 0 Å². The lowest BCUT2D eigenvalue weighted by atomic mass is 10.2. The van der Waals surface area contributed by atoms with E-state index in [0.717, 1.165) is 11.3 Å². The molecule has 4 heteroatoms. The second kappa shape index (κ2) is 4.93. The van der Waals surface area contributed by atoms with Crippen LogP contribution in [0.5, 0.6) is 11.5 Å². The van der Waals surface area contributed by atoms with Crippen LogP contribution in [0.4, 0.5) is 4.39 Å². The predicted molar refractivity (Wildman–Crippen MR) is 63.3 cm³/mol. The van der Waals surface area contributed by atoms with Gasteiger partial charge in [0, 0.05) is 24.5 Å². The molecule has 0 radical (unpaired) electrons. The normalized spacial score (nSPS) is 10.3. The van der Waals surface area contributed by atoms with Gasteiger partial charge in [-0.3, -0.25) is 4.98 Å². The Hall–Kier alpha value is -1.94. The van der Waals surface area contributed by atoms with Crippen LogP contribution >= 0.6 is 0 Å². The van der Waals surface area contributed by atoms with E-state index in [9.17, 15) is 4.39 Å². The summed E-state index contributed by atoms with van der Waals surface area (Å²) in [6.07, 6.45) is 1.62. The van der Waals surface area contributed by atoms with E-state index in [4.69, 9.17) is 10.5 Å². The molecule has 0 saturated carbocycles. The summed E-state index contributed by atoms with van der Waals surface area (Å²) >= 11 is 0. The molecule has 0 atom stereocenters. The van der Waals surface area contributed by atoms with E-state index in [1.807, 2.05) is 6.92 Å². The summed E-state index contributed by atoms with van der Waals surface area (Å²) in [6, 6.07) is 8.13. The molecule has 1 aromatic carbocycles. The lowest BCUT2D eigenvalue weighted by Gasteiger charge is -2.08. The van der Waals surface area contributed by atoms with Crippen LogP contribution in [0, 0.1) is 12.7 Å². The average molecular weight is 232 g/mol. The zero-order valence-corrected chi connectivity index (χ0v) is 9.48. The third kappa shape index (κ3) is 2.79. The van der Waals surface area contributed by atoms with Crippen molar-refractivity contribution in [2.75, 3.05) is 0 Å². The molecule has 2 aromatic rings. The Kier molecular flexibility index (Phi) is 3.35. The highest BCUT2D eigenvalue weighted by Gasteiger charge is 2.05. The molecular formula is C13H13FN2O. The summed E-state index contributed by atoms with van der Waals surface area (Å²) in [6.45, 7) is 2.16. The summed E-state index contributed by atoms with van der Waals surface area (Å²) < 4.78 is 19.1. The predicted octanol–water partition coefficient (Wildman–Crippen LogP) is 2.78. The van der Waals surface area contributed by atoms with Gasteiger partial charge in [-0.2, -0.15) is 0 Å². The van der Waals surface area contributed by atoms with Gasteiger partial charge in [-0.05, 0) is 30.7 Å². The van der Waals surface area contributed by atoms with Gasteiger partial charge in [-0.25, -0.2) is 4.39 Å². The first-order valence-corrected chi connectivity index (χ1v) is 5.28. The molecule has 0 amide bonds. The van der Waals surface area contributed by atoms with Crippen molar-refractivity contribution in [2.24, 2.45) is 5.73 Å². The number of rotatable bonds is 3. The van der Waals surface area contributed by atoms with Crippen LogP contribution in [-0.2, 0) is 6.54 Å². The van der Waals surface area contributed by atoms with Crippen LogP contribution in [0.2, 0.25) is 0 Å². The topological polar surface area (TPSA) is 48.1 Å². The van der Waals surface area contributed by atoms with Gasteiger partial charge in [0.05, 0.1) is 0 Å². The molecule has 2 N–H and O–H groups in total. The molecule has 17 heavy (non-hydrogen) atoms. The molecule has 0 unspecified atom stereocenters. The molecule has 2 rings (SSSR count). The van der Waals surface area contributed by atoms with E-state index < -0.39 is 5.82 Å². The smallest absolute Gasteiger partial charge is 0.166 e. The minimum atomic E-state index is -0.414. The molecule has 0 spiro atoms. The molecule has 3 nitrogen and oxygen atoms in total. The summed E-state index contributed by atoms with van der Waals surface area (Å²) in [7, 11) is 0. The lowest BCUT2D eigenvalue weighted by Crippen LogP contribution is -1.97. The number of nitrogens with two attached hydrogens (primary N) is 1. The van der Waals surface area contributed by atoms with Crippen molar-refractivity contribution in [1.82, 2.24) is 4.98 Å². The maximum absolute atomic E-state index is 13.6. The van der Waals surface area contributed by atoms with Gasteiger partial charge in [0.15, 0.2) is 11.6 Å². The first-order valence-electron chi connectivity index (χ1n) is 5.28. The Morgan fingerprint density at radius 1 is 1.29 bits per heavy atom. The minimum absolute atomic E-state index is 0.188. The standard InChI is InChI=1S/C13H13FN2O/c1-9-6-11(4-5-16-9)17-13-3-2-10(8-15)7-12(13)14/h2-7H,8,15H2,1H3. The summed E-state index contributed by atoms with van der Waals surface area (Å²) in [5, 5.41) is 0. The Balaban J connectivity index is 2.24. The van der Waals surface area contributed by atoms with Crippen molar-refractivity contribution in [3.8, 4) is 11.5 Å². The Bertz CT molecular complexity index is 529. The molecular weight excluding hydrogens is 219 g/mol. The van der Waals surface area contributed by atoms with Gasteiger partial charge in [0.2, 0.25) is 0 Å². The zero-order chi connectivity index (χ0) is 12.3. The van der Waals surface area contributed by atoms with Crippen molar-refractivity contribution < 1.29 is 9.13 Å². The number of aromatic nitrogens is 1.